The van der Waals surface area contributed by atoms with Gasteiger partial charge < -0.3 is 20.5 Å². The topological polar surface area (TPSA) is 61.2 Å². The van der Waals surface area contributed by atoms with E-state index in [4.69, 9.17) is 5.73 Å². The number of fused-ring (bicyclic) bond motifs is 1. The molecule has 0 bridgehead atoms. The van der Waals surface area contributed by atoms with Gasteiger partial charge in [-0.15, -0.1) is 0 Å². The lowest BCUT2D eigenvalue weighted by molar-refractivity contribution is 0.252. The zero-order chi connectivity index (χ0) is 13.4. The predicted molar refractivity (Wildman–Crippen MR) is 79.4 cm³/mol. The van der Waals surface area contributed by atoms with Gasteiger partial charge in [0, 0.05) is 18.8 Å². The minimum absolute atomic E-state index is 0.564. The molecular formula is C14H21N5. The molecule has 2 heterocycles. The third-order valence-corrected chi connectivity index (χ3v) is 4.06. The second kappa shape index (κ2) is 4.74. The standard InChI is InChI=1S/C14H21N5/c1-18-7-5-11(6-8-18)19(2)14-16-12-4-3-10(15)9-13(12)17-14/h3-4,9,11H,5-8,15H2,1-2H3,(H,16,17). The third kappa shape index (κ3) is 2.38. The Balaban J connectivity index is 1.83. The fraction of sp³-hybridized carbons (Fsp3) is 0.500. The van der Waals surface area contributed by atoms with Crippen LogP contribution in [-0.4, -0.2) is 48.1 Å². The van der Waals surface area contributed by atoms with E-state index in [2.05, 4.69) is 33.9 Å². The molecule has 1 aromatic heterocycles. The van der Waals surface area contributed by atoms with Crippen LogP contribution in [0.1, 0.15) is 12.8 Å². The highest BCUT2D eigenvalue weighted by atomic mass is 15.3. The first kappa shape index (κ1) is 12.3. The summed E-state index contributed by atoms with van der Waals surface area (Å²) in [5, 5.41) is 0. The monoisotopic (exact) mass is 259 g/mol. The summed E-state index contributed by atoms with van der Waals surface area (Å²) < 4.78 is 0. The van der Waals surface area contributed by atoms with Crippen LogP contribution >= 0.6 is 0 Å². The van der Waals surface area contributed by atoms with Crippen LogP contribution < -0.4 is 10.6 Å². The van der Waals surface area contributed by atoms with Crippen LogP contribution in [0.3, 0.4) is 0 Å². The zero-order valence-electron chi connectivity index (χ0n) is 11.6. The van der Waals surface area contributed by atoms with Crippen molar-refractivity contribution in [1.82, 2.24) is 14.9 Å². The van der Waals surface area contributed by atoms with Gasteiger partial charge in [0.15, 0.2) is 0 Å². The number of rotatable bonds is 2. The van der Waals surface area contributed by atoms with Gasteiger partial charge in [0.05, 0.1) is 11.0 Å². The maximum atomic E-state index is 5.80. The quantitative estimate of drug-likeness (QED) is 0.806. The molecule has 1 aliphatic rings. The van der Waals surface area contributed by atoms with Crippen LogP contribution in [0.4, 0.5) is 11.6 Å². The summed E-state index contributed by atoms with van der Waals surface area (Å²) in [7, 11) is 4.30. The van der Waals surface area contributed by atoms with Crippen molar-refractivity contribution in [2.45, 2.75) is 18.9 Å². The zero-order valence-corrected chi connectivity index (χ0v) is 11.6. The highest BCUT2D eigenvalue weighted by Crippen LogP contribution is 2.23. The van der Waals surface area contributed by atoms with Crippen molar-refractivity contribution in [3.63, 3.8) is 0 Å². The number of H-pyrrole nitrogens is 1. The van der Waals surface area contributed by atoms with Gasteiger partial charge in [-0.05, 0) is 51.2 Å². The van der Waals surface area contributed by atoms with Crippen molar-refractivity contribution in [2.75, 3.05) is 37.8 Å². The number of imidazole rings is 1. The number of nitrogen functional groups attached to an aromatic ring is 1. The maximum Gasteiger partial charge on any atom is 0.203 e. The molecule has 1 fully saturated rings. The Hall–Kier alpha value is -1.75. The van der Waals surface area contributed by atoms with Gasteiger partial charge in [0.1, 0.15) is 0 Å². The number of hydrogen-bond acceptors (Lipinski definition) is 4. The Bertz CT molecular complexity index is 568. The largest absolute Gasteiger partial charge is 0.399 e. The smallest absolute Gasteiger partial charge is 0.203 e. The lowest BCUT2D eigenvalue weighted by atomic mass is 10.0. The Morgan fingerprint density at radius 3 is 2.84 bits per heavy atom. The molecule has 0 aliphatic carbocycles. The van der Waals surface area contributed by atoms with Crippen LogP contribution in [0.2, 0.25) is 0 Å². The van der Waals surface area contributed by atoms with Gasteiger partial charge in [-0.25, -0.2) is 4.98 Å². The van der Waals surface area contributed by atoms with Crippen LogP contribution in [-0.2, 0) is 0 Å². The van der Waals surface area contributed by atoms with Crippen molar-refractivity contribution in [1.29, 1.82) is 0 Å². The fourth-order valence-corrected chi connectivity index (χ4v) is 2.74. The molecule has 0 atom stereocenters. The normalized spacial score (nSPS) is 18.0. The maximum absolute atomic E-state index is 5.80. The van der Waals surface area contributed by atoms with Crippen molar-refractivity contribution in [3.8, 4) is 0 Å². The van der Waals surface area contributed by atoms with Gasteiger partial charge in [-0.3, -0.25) is 0 Å². The molecule has 2 aromatic rings. The van der Waals surface area contributed by atoms with Gasteiger partial charge in [-0.1, -0.05) is 0 Å². The number of aromatic nitrogens is 2. The lowest BCUT2D eigenvalue weighted by Gasteiger charge is -2.34. The van der Waals surface area contributed by atoms with E-state index in [0.717, 1.165) is 35.8 Å². The Morgan fingerprint density at radius 2 is 2.11 bits per heavy atom. The molecule has 5 nitrogen and oxygen atoms in total. The summed E-state index contributed by atoms with van der Waals surface area (Å²) in [6.45, 7) is 2.31. The minimum Gasteiger partial charge on any atom is -0.399 e. The summed E-state index contributed by atoms with van der Waals surface area (Å²) in [6.07, 6.45) is 2.37. The lowest BCUT2D eigenvalue weighted by Crippen LogP contribution is -2.42. The van der Waals surface area contributed by atoms with E-state index in [1.165, 1.54) is 12.8 Å². The molecule has 0 spiro atoms. The minimum atomic E-state index is 0.564. The first-order valence-electron chi connectivity index (χ1n) is 6.80. The Kier molecular flexibility index (Phi) is 3.06. The molecule has 0 saturated carbocycles. The average molecular weight is 259 g/mol. The highest BCUT2D eigenvalue weighted by molar-refractivity contribution is 5.80. The number of piperidine rings is 1. The molecular weight excluding hydrogens is 238 g/mol. The van der Waals surface area contributed by atoms with Gasteiger partial charge >= 0.3 is 0 Å². The summed E-state index contributed by atoms with van der Waals surface area (Å²) in [5.74, 6) is 0.940. The van der Waals surface area contributed by atoms with E-state index >= 15 is 0 Å². The first-order chi connectivity index (χ1) is 9.13. The molecule has 0 amide bonds. The number of hydrogen-bond donors (Lipinski definition) is 2. The molecule has 102 valence electrons. The molecule has 3 rings (SSSR count). The number of anilines is 2. The molecule has 0 unspecified atom stereocenters. The SMILES string of the molecule is CN1CCC(N(C)c2nc3ccc(N)cc3[nH]2)CC1. The van der Waals surface area contributed by atoms with Crippen LogP contribution in [0, 0.1) is 0 Å². The number of aromatic amines is 1. The summed E-state index contributed by atoms with van der Waals surface area (Å²) in [4.78, 5) is 12.7. The molecule has 0 radical (unpaired) electrons. The summed E-state index contributed by atoms with van der Waals surface area (Å²) in [6, 6.07) is 6.36. The first-order valence-corrected chi connectivity index (χ1v) is 6.80. The van der Waals surface area contributed by atoms with Crippen LogP contribution in [0.15, 0.2) is 18.2 Å². The average Bonchev–Trinajstić information content (AvgIpc) is 2.81. The molecule has 1 aromatic carbocycles. The van der Waals surface area contributed by atoms with Crippen LogP contribution in [0.25, 0.3) is 11.0 Å². The fourth-order valence-electron chi connectivity index (χ4n) is 2.74. The van der Waals surface area contributed by atoms with E-state index in [0.29, 0.717) is 6.04 Å². The molecule has 19 heavy (non-hydrogen) atoms. The molecule has 1 aliphatic heterocycles. The molecule has 1 saturated heterocycles. The number of nitrogens with zero attached hydrogens (tertiary/aromatic N) is 3. The van der Waals surface area contributed by atoms with Crippen molar-refractivity contribution < 1.29 is 0 Å². The number of likely N-dealkylation sites (tertiary alicyclic amines) is 1. The van der Waals surface area contributed by atoms with E-state index in [1.54, 1.807) is 0 Å². The molecule has 3 N–H and O–H groups in total. The Labute approximate surface area is 113 Å². The van der Waals surface area contributed by atoms with Crippen molar-refractivity contribution in [2.24, 2.45) is 0 Å². The van der Waals surface area contributed by atoms with E-state index < -0.39 is 0 Å². The highest BCUT2D eigenvalue weighted by Gasteiger charge is 2.22. The summed E-state index contributed by atoms with van der Waals surface area (Å²) >= 11 is 0. The second-order valence-electron chi connectivity index (χ2n) is 5.48. The van der Waals surface area contributed by atoms with Gasteiger partial charge in [0.25, 0.3) is 0 Å². The third-order valence-electron chi connectivity index (χ3n) is 4.06. The second-order valence-corrected chi connectivity index (χ2v) is 5.48. The molecule has 5 heteroatoms. The van der Waals surface area contributed by atoms with Crippen LogP contribution in [0.5, 0.6) is 0 Å². The number of nitrogens with one attached hydrogen (secondary N) is 1. The summed E-state index contributed by atoms with van der Waals surface area (Å²) in [5.41, 5.74) is 8.55. The van der Waals surface area contributed by atoms with E-state index in [-0.39, 0.29) is 0 Å². The van der Waals surface area contributed by atoms with E-state index in [1.807, 2.05) is 18.2 Å². The number of benzene rings is 1. The predicted octanol–water partition coefficient (Wildman–Crippen LogP) is 1.68. The van der Waals surface area contributed by atoms with Gasteiger partial charge in [-0.2, -0.15) is 0 Å². The Morgan fingerprint density at radius 1 is 1.37 bits per heavy atom. The van der Waals surface area contributed by atoms with Crippen molar-refractivity contribution in [3.05, 3.63) is 18.2 Å². The van der Waals surface area contributed by atoms with E-state index in [9.17, 15) is 0 Å². The number of nitrogens with two attached hydrogens (primary N) is 1. The van der Waals surface area contributed by atoms with Crippen molar-refractivity contribution >= 4 is 22.7 Å². The van der Waals surface area contributed by atoms with Gasteiger partial charge in [0.2, 0.25) is 5.95 Å².